The Morgan fingerprint density at radius 1 is 0.538 bits per heavy atom. The first-order valence-electron chi connectivity index (χ1n) is 28.4. The number of ether oxygens (including phenoxy) is 4. The van der Waals surface area contributed by atoms with Crippen LogP contribution < -0.4 is 29.6 Å². The predicted octanol–water partition coefficient (Wildman–Crippen LogP) is 13.5. The third-order valence-electron chi connectivity index (χ3n) is 13.5. The summed E-state index contributed by atoms with van der Waals surface area (Å²) in [6, 6.07) is 35.3. The fraction of sp³-hybridized carbons (Fsp3) is 0.303. The Morgan fingerprint density at radius 2 is 0.901 bits per heavy atom. The van der Waals surface area contributed by atoms with Gasteiger partial charge < -0.3 is 45.3 Å². The Hall–Kier alpha value is -7.90. The van der Waals surface area contributed by atoms with Crippen molar-refractivity contribution in [2.24, 2.45) is 0 Å². The van der Waals surface area contributed by atoms with Gasteiger partial charge in [0, 0.05) is 42.8 Å². The van der Waals surface area contributed by atoms with E-state index in [4.69, 9.17) is 42.1 Å². The average molecular weight is 1360 g/mol. The van der Waals surface area contributed by atoms with E-state index in [1.807, 2.05) is 10.8 Å². The maximum absolute atomic E-state index is 13.3. The summed E-state index contributed by atoms with van der Waals surface area (Å²) >= 11 is 14.8. The Kier molecular flexibility index (Phi) is 25.3. The van der Waals surface area contributed by atoms with E-state index in [1.165, 1.54) is 85.1 Å². The fourth-order valence-electron chi connectivity index (χ4n) is 8.38. The zero-order valence-corrected chi connectivity index (χ0v) is 56.0. The molecule has 8 rings (SSSR count). The second-order valence-corrected chi connectivity index (χ2v) is 29.9. The smallest absolute Gasteiger partial charge is 0.344 e. The van der Waals surface area contributed by atoms with Gasteiger partial charge in [-0.2, -0.15) is 0 Å². The number of aliphatic carboxylic acids is 2. The Bertz CT molecular complexity index is 3790. The summed E-state index contributed by atoms with van der Waals surface area (Å²) < 4.78 is 74.0. The van der Waals surface area contributed by atoms with Crippen LogP contribution in [0.5, 0.6) is 23.0 Å². The maximum Gasteiger partial charge on any atom is 0.344 e. The minimum absolute atomic E-state index is 0. The van der Waals surface area contributed by atoms with Crippen LogP contribution in [0.25, 0.3) is 0 Å². The van der Waals surface area contributed by atoms with Crippen molar-refractivity contribution in [2.75, 3.05) is 22.1 Å². The minimum Gasteiger partial charge on any atom is -0.486 e. The van der Waals surface area contributed by atoms with Crippen molar-refractivity contribution in [3.05, 3.63) is 198 Å². The first kappa shape index (κ1) is 72.2. The normalized spacial score (nSPS) is 12.2. The molecule has 0 saturated carbocycles. The number of carboxylic acid groups (broad SMARTS) is 2. The lowest BCUT2D eigenvalue weighted by atomic mass is 9.93. The van der Waals surface area contributed by atoms with Crippen LogP contribution in [0.4, 0.5) is 11.4 Å². The van der Waals surface area contributed by atoms with Crippen molar-refractivity contribution >= 4 is 101 Å². The van der Waals surface area contributed by atoms with Crippen LogP contribution >= 0.6 is 45.9 Å². The third kappa shape index (κ3) is 21.6. The molecule has 484 valence electrons. The molecule has 0 aliphatic heterocycles. The topological polar surface area (TPSA) is 295 Å². The standard InChI is InChI=1S/2C33H35ClN2O7S2.H2O/c2*1-21(32(38)39)43-28-15-10-22(7-6-16-45(40,41)26-13-11-24(34)12-14-26)17-27(28)35-31(37)23-8-5-9-25(18-23)42-19-30-36-29(20-44-30)33(2,3)4;/h2*5,8-15,17-18,20-21H,6-7,16,19H2,1-4H3,(H,35,37)(H,38,39);1H2. The molecule has 8 aromatic rings. The van der Waals surface area contributed by atoms with Crippen molar-refractivity contribution < 1.29 is 70.7 Å². The number of benzene rings is 6. The van der Waals surface area contributed by atoms with Crippen molar-refractivity contribution in [2.45, 2.75) is 127 Å². The number of hydrogen-bond donors (Lipinski definition) is 4. The SMILES string of the molecule is CC(Oc1ccc(CCCS(=O)(=O)c2ccc(Cl)cc2)cc1NC(=O)c1cccc(OCc2nc(C(C)(C)C)cs2)c1)C(=O)O.CC(Oc1ccc(CCCS(=O)(=O)c2ccc(Cl)cc2)cc1NC(=O)c1cccc(OCc2nc(C(C)(C)C)cs2)c1)C(=O)O.O. The number of aryl methyl sites for hydroxylation is 2. The molecule has 25 heteroatoms. The molecule has 2 unspecified atom stereocenters. The number of carboxylic acids is 2. The fourth-order valence-corrected chi connectivity index (χ4v) is 13.1. The van der Waals surface area contributed by atoms with Crippen molar-refractivity contribution in [3.63, 3.8) is 0 Å². The number of carbonyl (C=O) groups excluding carboxylic acids is 2. The van der Waals surface area contributed by atoms with Crippen LogP contribution in [0, 0.1) is 0 Å². The second kappa shape index (κ2) is 31.9. The summed E-state index contributed by atoms with van der Waals surface area (Å²) in [5.41, 5.74) is 4.47. The molecule has 2 aromatic heterocycles. The number of nitrogens with zero attached hydrogens (tertiary/aromatic N) is 2. The van der Waals surface area contributed by atoms with Crippen LogP contribution in [0.2, 0.25) is 10.0 Å². The largest absolute Gasteiger partial charge is 0.486 e. The highest BCUT2D eigenvalue weighted by molar-refractivity contribution is 7.91. The second-order valence-electron chi connectivity index (χ2n) is 22.9. The zero-order valence-electron chi connectivity index (χ0n) is 51.2. The van der Waals surface area contributed by atoms with E-state index >= 15 is 0 Å². The summed E-state index contributed by atoms with van der Waals surface area (Å²) in [6.45, 7) is 15.8. The lowest BCUT2D eigenvalue weighted by Crippen LogP contribution is -2.24. The molecule has 0 bridgehead atoms. The van der Waals surface area contributed by atoms with Gasteiger partial charge in [-0.15, -0.1) is 22.7 Å². The first-order valence-corrected chi connectivity index (χ1v) is 34.2. The van der Waals surface area contributed by atoms with Crippen LogP contribution in [-0.2, 0) is 66.1 Å². The number of aromatic nitrogens is 2. The van der Waals surface area contributed by atoms with Crippen LogP contribution in [-0.4, -0.2) is 90.0 Å². The molecule has 2 atom stereocenters. The van der Waals surface area contributed by atoms with Crippen molar-refractivity contribution in [1.82, 2.24) is 9.97 Å². The van der Waals surface area contributed by atoms with E-state index in [0.717, 1.165) is 32.5 Å². The molecule has 0 aliphatic carbocycles. The zero-order chi connectivity index (χ0) is 65.6. The summed E-state index contributed by atoms with van der Waals surface area (Å²) in [4.78, 5) is 59.2. The molecule has 0 spiro atoms. The van der Waals surface area contributed by atoms with E-state index in [0.29, 0.717) is 58.4 Å². The molecule has 0 radical (unpaired) electrons. The quantitative estimate of drug-likeness (QED) is 0.0392. The Morgan fingerprint density at radius 3 is 1.23 bits per heavy atom. The van der Waals surface area contributed by atoms with Gasteiger partial charge >= 0.3 is 11.9 Å². The number of halogens is 2. The molecule has 91 heavy (non-hydrogen) atoms. The number of rotatable bonds is 26. The Labute approximate surface area is 547 Å². The molecule has 0 saturated heterocycles. The van der Waals surface area contributed by atoms with Gasteiger partial charge in [-0.1, -0.05) is 89.0 Å². The molecule has 2 amide bonds. The highest BCUT2D eigenvalue weighted by atomic mass is 35.5. The molecular weight excluding hydrogens is 1290 g/mol. The molecule has 0 fully saturated rings. The Balaban J connectivity index is 0.000000286. The molecule has 0 aliphatic rings. The van der Waals surface area contributed by atoms with Gasteiger partial charge in [0.25, 0.3) is 11.8 Å². The predicted molar refractivity (Wildman–Crippen MR) is 355 cm³/mol. The van der Waals surface area contributed by atoms with E-state index in [2.05, 4.69) is 62.1 Å². The van der Waals surface area contributed by atoms with Gasteiger partial charge in [0.1, 0.15) is 46.2 Å². The van der Waals surface area contributed by atoms with Gasteiger partial charge in [-0.25, -0.2) is 36.4 Å². The number of nitrogens with one attached hydrogen (secondary N) is 2. The van der Waals surface area contributed by atoms with E-state index in [-0.39, 0.29) is 73.7 Å². The number of carbonyl (C=O) groups is 4. The number of thiazole rings is 2. The molecule has 2 heterocycles. The third-order valence-corrected chi connectivity index (χ3v) is 19.3. The summed E-state index contributed by atoms with van der Waals surface area (Å²) in [7, 11) is -7.02. The minimum atomic E-state index is -3.51. The van der Waals surface area contributed by atoms with Gasteiger partial charge in [0.2, 0.25) is 0 Å². The van der Waals surface area contributed by atoms with E-state index in [9.17, 15) is 46.2 Å². The van der Waals surface area contributed by atoms with Crippen molar-refractivity contribution in [3.8, 4) is 23.0 Å². The van der Waals surface area contributed by atoms with E-state index < -0.39 is 55.6 Å². The van der Waals surface area contributed by atoms with Gasteiger partial charge in [-0.3, -0.25) is 9.59 Å². The van der Waals surface area contributed by atoms with Gasteiger partial charge in [0.15, 0.2) is 31.9 Å². The monoisotopic (exact) mass is 1360 g/mol. The van der Waals surface area contributed by atoms with Gasteiger partial charge in [-0.05, 0) is 160 Å². The molecular formula is C66H72Cl2N4O15S4. The molecule has 6 N–H and O–H groups in total. The number of sulfone groups is 2. The van der Waals surface area contributed by atoms with Crippen LogP contribution in [0.3, 0.4) is 0 Å². The molecule has 6 aromatic carbocycles. The summed E-state index contributed by atoms with van der Waals surface area (Å²) in [5, 5.41) is 30.9. The van der Waals surface area contributed by atoms with Gasteiger partial charge in [0.05, 0.1) is 44.1 Å². The summed E-state index contributed by atoms with van der Waals surface area (Å²) in [5.74, 6) is -2.11. The van der Waals surface area contributed by atoms with Crippen LogP contribution in [0.15, 0.2) is 154 Å². The van der Waals surface area contributed by atoms with E-state index in [1.54, 1.807) is 84.9 Å². The highest BCUT2D eigenvalue weighted by Gasteiger charge is 2.23. The summed E-state index contributed by atoms with van der Waals surface area (Å²) in [6.07, 6.45) is -0.919. The molecule has 19 nitrogen and oxygen atoms in total. The lowest BCUT2D eigenvalue weighted by molar-refractivity contribution is -0.145. The first-order chi connectivity index (χ1) is 42.4. The number of amides is 2. The van der Waals surface area contributed by atoms with Crippen molar-refractivity contribution in [1.29, 1.82) is 0 Å². The highest BCUT2D eigenvalue weighted by Crippen LogP contribution is 2.33. The average Bonchev–Trinajstić information content (AvgIpc) is 1.99. The maximum atomic E-state index is 13.3. The lowest BCUT2D eigenvalue weighted by Gasteiger charge is -2.17. The number of anilines is 2. The van der Waals surface area contributed by atoms with Crippen LogP contribution in [0.1, 0.15) is 121 Å². The number of hydrogen-bond acceptors (Lipinski definition) is 16.